The van der Waals surface area contributed by atoms with E-state index in [9.17, 15) is 9.90 Å². The van der Waals surface area contributed by atoms with Crippen molar-refractivity contribution in [2.45, 2.75) is 0 Å². The molecule has 14 heavy (non-hydrogen) atoms. The number of fused-ring (bicyclic) bond motifs is 1. The van der Waals surface area contributed by atoms with Crippen molar-refractivity contribution in [3.05, 3.63) is 24.0 Å². The van der Waals surface area contributed by atoms with Crippen LogP contribution in [-0.2, 0) is 32.7 Å². The molecule has 1 radical (unpaired) electrons. The molecule has 0 amide bonds. The number of rotatable bonds is 1. The van der Waals surface area contributed by atoms with Gasteiger partial charge in [-0.15, -0.1) is 0 Å². The number of carboxylic acids is 1. The molecule has 0 unspecified atom stereocenters. The zero-order chi connectivity index (χ0) is 9.42. The van der Waals surface area contributed by atoms with Crippen LogP contribution in [0.1, 0.15) is 10.4 Å². The van der Waals surface area contributed by atoms with Crippen LogP contribution in [0, 0.1) is 6.33 Å². The van der Waals surface area contributed by atoms with E-state index in [1.165, 1.54) is 12.1 Å². The number of hydrogen-bond acceptors (Lipinski definition) is 3. The van der Waals surface area contributed by atoms with Crippen molar-refractivity contribution >= 4 is 17.0 Å². The first-order valence-corrected chi connectivity index (χ1v) is 3.51. The fourth-order valence-corrected chi connectivity index (χ4v) is 1.13. The zero-order valence-electron chi connectivity index (χ0n) is 6.98. The van der Waals surface area contributed by atoms with Gasteiger partial charge in [-0.25, -0.2) is 4.79 Å². The van der Waals surface area contributed by atoms with Gasteiger partial charge in [0.1, 0.15) is 0 Å². The molecule has 3 N–H and O–H groups in total. The molecule has 1 aromatic carbocycles. The number of phenols is 1. The molecule has 0 spiro atoms. The molecule has 69 valence electrons. The molecule has 0 aliphatic carbocycles. The number of benzene rings is 1. The summed E-state index contributed by atoms with van der Waals surface area (Å²) >= 11 is 0. The Bertz CT molecular complexity index is 480. The molecule has 0 bridgehead atoms. The number of aromatic nitrogens is 2. The molecule has 1 aromatic heterocycles. The van der Waals surface area contributed by atoms with Gasteiger partial charge in [-0.1, -0.05) is 11.6 Å². The number of aromatic amines is 1. The van der Waals surface area contributed by atoms with Gasteiger partial charge in [0.05, 0.1) is 5.75 Å². The first-order chi connectivity index (χ1) is 6.20. The first kappa shape index (κ1) is 11.1. The van der Waals surface area contributed by atoms with Gasteiger partial charge in [-0.05, 0) is 17.9 Å². The standard InChI is InChI=1S/C8H5N2O3.Y/c11-5-2-1-4(8(12)13)6-7(5)10-3-9-6;/h1-2,11H,(H,9,10)(H,12,13);/q-1;. The Labute approximate surface area is 104 Å². The summed E-state index contributed by atoms with van der Waals surface area (Å²) in [7, 11) is 0. The largest absolute Gasteiger partial charge is 0.520 e. The third-order valence-electron chi connectivity index (χ3n) is 1.73. The minimum Gasteiger partial charge on any atom is -0.520 e. The van der Waals surface area contributed by atoms with Gasteiger partial charge >= 0.3 is 5.97 Å². The molecule has 6 heteroatoms. The van der Waals surface area contributed by atoms with Crippen molar-refractivity contribution in [1.82, 2.24) is 9.97 Å². The minimum absolute atomic E-state index is 0. The van der Waals surface area contributed by atoms with Gasteiger partial charge in [0.25, 0.3) is 0 Å². The molecule has 0 saturated heterocycles. The van der Waals surface area contributed by atoms with Crippen LogP contribution in [0.25, 0.3) is 11.0 Å². The van der Waals surface area contributed by atoms with Crippen LogP contribution in [0.4, 0.5) is 0 Å². The Morgan fingerprint density at radius 1 is 1.50 bits per heavy atom. The number of hydrogen-bond donors (Lipinski definition) is 3. The van der Waals surface area contributed by atoms with Gasteiger partial charge in [-0.2, -0.15) is 0 Å². The van der Waals surface area contributed by atoms with Crippen LogP contribution in [0.15, 0.2) is 12.1 Å². The van der Waals surface area contributed by atoms with Crippen LogP contribution < -0.4 is 0 Å². The number of H-pyrrole nitrogens is 1. The SMILES string of the molecule is O=C(O)c1ccc(O)c2[nH][c-]nc12.[Y]. The second kappa shape index (κ2) is 4.06. The van der Waals surface area contributed by atoms with E-state index in [2.05, 4.69) is 16.3 Å². The van der Waals surface area contributed by atoms with E-state index >= 15 is 0 Å². The Hall–Kier alpha value is -0.936. The summed E-state index contributed by atoms with van der Waals surface area (Å²) in [6, 6.07) is 2.60. The van der Waals surface area contributed by atoms with Gasteiger partial charge in [-0.3, -0.25) is 0 Å². The van der Waals surface area contributed by atoms with Gasteiger partial charge < -0.3 is 20.2 Å². The molecular formula is C8H5N2O3Y-. The van der Waals surface area contributed by atoms with Crippen molar-refractivity contribution in [3.8, 4) is 5.75 Å². The quantitative estimate of drug-likeness (QED) is 0.665. The first-order valence-electron chi connectivity index (χ1n) is 3.51. The average Bonchev–Trinajstić information content (AvgIpc) is 2.53. The van der Waals surface area contributed by atoms with Gasteiger partial charge in [0, 0.05) is 38.3 Å². The van der Waals surface area contributed by atoms with E-state index in [-0.39, 0.29) is 49.5 Å². The zero-order valence-corrected chi connectivity index (χ0v) is 9.82. The fourth-order valence-electron chi connectivity index (χ4n) is 1.13. The van der Waals surface area contributed by atoms with Crippen molar-refractivity contribution in [1.29, 1.82) is 0 Å². The number of nitrogens with one attached hydrogen (secondary N) is 1. The maximum absolute atomic E-state index is 10.7. The van der Waals surface area contributed by atoms with E-state index < -0.39 is 5.97 Å². The van der Waals surface area contributed by atoms with Gasteiger partial charge in [0.15, 0.2) is 0 Å². The molecule has 0 aliphatic heterocycles. The molecule has 0 saturated carbocycles. The molecule has 0 aliphatic rings. The van der Waals surface area contributed by atoms with Gasteiger partial charge in [0.2, 0.25) is 0 Å². The van der Waals surface area contributed by atoms with E-state index in [4.69, 9.17) is 5.11 Å². The summed E-state index contributed by atoms with van der Waals surface area (Å²) < 4.78 is 0. The number of imidazole rings is 1. The summed E-state index contributed by atoms with van der Waals surface area (Å²) in [6.07, 6.45) is 2.38. The van der Waals surface area contributed by atoms with Crippen LogP contribution >= 0.6 is 0 Å². The molecule has 1 heterocycles. The topological polar surface area (TPSA) is 86.2 Å². The predicted octanol–water partition coefficient (Wildman–Crippen LogP) is 0.764. The second-order valence-electron chi connectivity index (χ2n) is 2.51. The molecular weight excluding hydrogens is 261 g/mol. The molecule has 0 atom stereocenters. The van der Waals surface area contributed by atoms with E-state index in [1.807, 2.05) is 0 Å². The van der Waals surface area contributed by atoms with E-state index in [0.717, 1.165) is 0 Å². The Morgan fingerprint density at radius 2 is 2.21 bits per heavy atom. The summed E-state index contributed by atoms with van der Waals surface area (Å²) in [5.74, 6) is -1.11. The Morgan fingerprint density at radius 3 is 2.86 bits per heavy atom. The Balaban J connectivity index is 0.000000980. The monoisotopic (exact) mass is 266 g/mol. The van der Waals surface area contributed by atoms with Crippen LogP contribution in [0.3, 0.4) is 0 Å². The third-order valence-corrected chi connectivity index (χ3v) is 1.73. The summed E-state index contributed by atoms with van der Waals surface area (Å²) in [6.45, 7) is 0. The van der Waals surface area contributed by atoms with Crippen LogP contribution in [0.2, 0.25) is 0 Å². The molecule has 0 fully saturated rings. The third kappa shape index (κ3) is 1.65. The smallest absolute Gasteiger partial charge is 0.324 e. The maximum Gasteiger partial charge on any atom is 0.324 e. The molecule has 5 nitrogen and oxygen atoms in total. The number of carbonyl (C=O) groups is 1. The molecule has 2 aromatic rings. The summed E-state index contributed by atoms with van der Waals surface area (Å²) in [5.41, 5.74) is 0.553. The number of aromatic carboxylic acids is 1. The number of carboxylic acid groups (broad SMARTS) is 1. The van der Waals surface area contributed by atoms with Crippen LogP contribution in [0.5, 0.6) is 5.75 Å². The van der Waals surface area contributed by atoms with Crippen LogP contribution in [-0.4, -0.2) is 26.2 Å². The van der Waals surface area contributed by atoms with Crippen molar-refractivity contribution in [2.75, 3.05) is 0 Å². The fraction of sp³-hybridized carbons (Fsp3) is 0. The number of nitrogens with zero attached hydrogens (tertiary/aromatic N) is 1. The Kier molecular flexibility index (Phi) is 3.23. The maximum atomic E-state index is 10.7. The van der Waals surface area contributed by atoms with E-state index in [1.54, 1.807) is 0 Å². The predicted molar refractivity (Wildman–Crippen MR) is 43.6 cm³/mol. The van der Waals surface area contributed by atoms with Crippen molar-refractivity contribution in [3.63, 3.8) is 0 Å². The second-order valence-corrected chi connectivity index (χ2v) is 2.51. The molecule has 2 rings (SSSR count). The normalized spacial score (nSPS) is 9.71. The average molecular weight is 266 g/mol. The van der Waals surface area contributed by atoms with E-state index in [0.29, 0.717) is 5.52 Å². The number of phenolic OH excluding ortho intramolecular Hbond substituents is 1. The number of aromatic hydroxyl groups is 1. The summed E-state index contributed by atoms with van der Waals surface area (Å²) in [4.78, 5) is 16.9. The van der Waals surface area contributed by atoms with Crippen molar-refractivity contribution < 1.29 is 47.7 Å². The van der Waals surface area contributed by atoms with Crippen molar-refractivity contribution in [2.24, 2.45) is 0 Å². The summed E-state index contributed by atoms with van der Waals surface area (Å²) in [5, 5.41) is 18.0. The minimum atomic E-state index is -1.08.